The maximum atomic E-state index is 12.9. The van der Waals surface area contributed by atoms with Crippen molar-refractivity contribution in [2.24, 2.45) is 0 Å². The van der Waals surface area contributed by atoms with Crippen LogP contribution >= 0.6 is 0 Å². The van der Waals surface area contributed by atoms with Crippen LogP contribution in [0.25, 0.3) is 0 Å². The Morgan fingerprint density at radius 3 is 1.50 bits per heavy atom. The van der Waals surface area contributed by atoms with Crippen LogP contribution in [0.4, 0.5) is 8.78 Å². The first-order valence-electron chi connectivity index (χ1n) is 4.91. The van der Waals surface area contributed by atoms with E-state index in [1.807, 2.05) is 0 Å². The molecule has 0 unspecified atom stereocenters. The second kappa shape index (κ2) is 3.31. The van der Waals surface area contributed by atoms with Crippen molar-refractivity contribution in [2.75, 3.05) is 0 Å². The minimum Gasteiger partial charge on any atom is -0.244 e. The molecule has 3 rings (SSSR count). The van der Waals surface area contributed by atoms with Crippen LogP contribution in [0.1, 0.15) is 52.4 Å². The molecule has 0 spiro atoms. The Morgan fingerprint density at radius 2 is 1.33 bits per heavy atom. The van der Waals surface area contributed by atoms with E-state index in [-0.39, 0.29) is 12.8 Å². The monoisotopic (exact) mass is 176 g/mol. The van der Waals surface area contributed by atoms with Gasteiger partial charge in [-0.25, -0.2) is 8.78 Å². The quantitative estimate of drug-likeness (QED) is 0.526. The number of hydrogen-bond acceptors (Lipinski definition) is 0. The summed E-state index contributed by atoms with van der Waals surface area (Å²) in [5, 5.41) is 0. The average molecular weight is 176 g/mol. The minimum absolute atomic E-state index is 0.181. The third-order valence-corrected chi connectivity index (χ3v) is 2.52. The van der Waals surface area contributed by atoms with Gasteiger partial charge in [0.25, 0.3) is 0 Å². The van der Waals surface area contributed by atoms with E-state index in [1.54, 1.807) is 0 Å². The lowest BCUT2D eigenvalue weighted by molar-refractivity contribution is -0.128. The smallest absolute Gasteiger partial charge is 0.117 e. The topological polar surface area (TPSA) is 0 Å². The van der Waals surface area contributed by atoms with E-state index < -0.39 is 11.3 Å². The lowest BCUT2D eigenvalue weighted by Gasteiger charge is -2.51. The van der Waals surface area contributed by atoms with E-state index in [4.69, 9.17) is 0 Å². The van der Waals surface area contributed by atoms with Crippen LogP contribution in [0.2, 0.25) is 0 Å². The highest BCUT2D eigenvalue weighted by molar-refractivity contribution is 5.09. The summed E-state index contributed by atoms with van der Waals surface area (Å²) in [6.07, 6.45) is 3.55. The second-order valence-electron chi connectivity index (χ2n) is 4.22. The van der Waals surface area contributed by atoms with Gasteiger partial charge in [-0.3, -0.25) is 0 Å². The summed E-state index contributed by atoms with van der Waals surface area (Å²) in [5.74, 6) is 0. The molecular weight excluding hydrogens is 158 g/mol. The highest BCUT2D eigenvalue weighted by Gasteiger charge is 2.58. The fourth-order valence-corrected chi connectivity index (χ4v) is 2.16. The highest BCUT2D eigenvalue weighted by atomic mass is 19.2. The highest BCUT2D eigenvalue weighted by Crippen LogP contribution is 2.56. The third-order valence-electron chi connectivity index (χ3n) is 2.52. The molecule has 0 saturated heterocycles. The fraction of sp³-hybridized carbons (Fsp3) is 1.00. The maximum Gasteiger partial charge on any atom is 0.117 e. The van der Waals surface area contributed by atoms with Crippen molar-refractivity contribution in [3.63, 3.8) is 0 Å². The molecule has 2 heteroatoms. The molecule has 0 heterocycles. The third kappa shape index (κ3) is 1.96. The zero-order valence-electron chi connectivity index (χ0n) is 8.00. The Kier molecular flexibility index (Phi) is 2.74. The van der Waals surface area contributed by atoms with Crippen LogP contribution in [-0.4, -0.2) is 11.3 Å². The van der Waals surface area contributed by atoms with Gasteiger partial charge in [0.1, 0.15) is 11.3 Å². The van der Waals surface area contributed by atoms with Crippen molar-refractivity contribution < 1.29 is 8.78 Å². The van der Waals surface area contributed by atoms with Crippen molar-refractivity contribution in [1.82, 2.24) is 0 Å². The van der Waals surface area contributed by atoms with Crippen molar-refractivity contribution in [2.45, 2.75) is 63.7 Å². The lowest BCUT2D eigenvalue weighted by Crippen LogP contribution is -2.54. The van der Waals surface area contributed by atoms with Gasteiger partial charge in [-0.05, 0) is 19.3 Å². The molecule has 2 bridgehead atoms. The second-order valence-corrected chi connectivity index (χ2v) is 4.22. The molecule has 0 N–H and O–H groups in total. The van der Waals surface area contributed by atoms with Gasteiger partial charge in [0, 0.05) is 12.8 Å². The molecular formula is C10H18F2. The molecule has 0 amide bonds. The standard InChI is InChI=1S/C7H10F2.C3H8/c8-6-2-1-3-7(9,4-6)5-6;1-3-2/h1-5H2;3H2,1-2H3. The van der Waals surface area contributed by atoms with Gasteiger partial charge in [0.05, 0.1) is 0 Å². The number of fused-ring (bicyclic) bond motifs is 2. The van der Waals surface area contributed by atoms with Gasteiger partial charge >= 0.3 is 0 Å². The summed E-state index contributed by atoms with van der Waals surface area (Å²) in [6.45, 7) is 4.25. The number of rotatable bonds is 0. The van der Waals surface area contributed by atoms with Crippen LogP contribution < -0.4 is 0 Å². The lowest BCUT2D eigenvalue weighted by atomic mass is 9.61. The minimum atomic E-state index is -1.09. The predicted octanol–water partition coefficient (Wildman–Crippen LogP) is 3.80. The van der Waals surface area contributed by atoms with Crippen LogP contribution in [0.15, 0.2) is 0 Å². The molecule has 3 aliphatic carbocycles. The summed E-state index contributed by atoms with van der Waals surface area (Å²) in [7, 11) is 0. The van der Waals surface area contributed by atoms with Crippen LogP contribution in [0.5, 0.6) is 0 Å². The molecule has 0 radical (unpaired) electrons. The van der Waals surface area contributed by atoms with Gasteiger partial charge in [-0.1, -0.05) is 20.3 Å². The summed E-state index contributed by atoms with van der Waals surface area (Å²) < 4.78 is 25.9. The molecule has 0 nitrogen and oxygen atoms in total. The molecule has 3 saturated carbocycles. The van der Waals surface area contributed by atoms with Crippen LogP contribution in [0, 0.1) is 0 Å². The van der Waals surface area contributed by atoms with Crippen molar-refractivity contribution in [3.8, 4) is 0 Å². The molecule has 0 aromatic rings. The predicted molar refractivity (Wildman–Crippen MR) is 46.7 cm³/mol. The first-order chi connectivity index (χ1) is 5.54. The maximum absolute atomic E-state index is 12.9. The first-order valence-corrected chi connectivity index (χ1v) is 4.91. The van der Waals surface area contributed by atoms with E-state index in [0.29, 0.717) is 12.8 Å². The van der Waals surface area contributed by atoms with E-state index in [9.17, 15) is 8.78 Å². The molecule has 0 atom stereocenters. The molecule has 3 fully saturated rings. The average Bonchev–Trinajstić information content (AvgIpc) is 1.84. The van der Waals surface area contributed by atoms with E-state index in [0.717, 1.165) is 6.42 Å². The van der Waals surface area contributed by atoms with Crippen LogP contribution in [0.3, 0.4) is 0 Å². The Labute approximate surface area is 73.3 Å². The van der Waals surface area contributed by atoms with Crippen molar-refractivity contribution >= 4 is 0 Å². The van der Waals surface area contributed by atoms with Crippen LogP contribution in [-0.2, 0) is 0 Å². The van der Waals surface area contributed by atoms with Gasteiger partial charge in [0.15, 0.2) is 0 Å². The SMILES string of the molecule is CCC.FC12CCCC(F)(C1)C2. The van der Waals surface area contributed by atoms with E-state index >= 15 is 0 Å². The first kappa shape index (κ1) is 9.94. The van der Waals surface area contributed by atoms with E-state index in [2.05, 4.69) is 13.8 Å². The fourth-order valence-electron chi connectivity index (χ4n) is 2.16. The largest absolute Gasteiger partial charge is 0.244 e. The van der Waals surface area contributed by atoms with Gasteiger partial charge in [-0.2, -0.15) is 0 Å². The Morgan fingerprint density at radius 1 is 1.00 bits per heavy atom. The zero-order chi connectivity index (χ0) is 9.24. The number of halogens is 2. The molecule has 0 aromatic carbocycles. The molecule has 72 valence electrons. The van der Waals surface area contributed by atoms with Crippen molar-refractivity contribution in [3.05, 3.63) is 0 Å². The molecule has 0 aromatic heterocycles. The van der Waals surface area contributed by atoms with Crippen molar-refractivity contribution in [1.29, 1.82) is 0 Å². The summed E-state index contributed by atoms with van der Waals surface area (Å²) >= 11 is 0. The Balaban J connectivity index is 0.000000213. The van der Waals surface area contributed by atoms with Gasteiger partial charge in [0.2, 0.25) is 0 Å². The zero-order valence-corrected chi connectivity index (χ0v) is 8.00. The molecule has 0 aliphatic heterocycles. The Hall–Kier alpha value is -0.140. The van der Waals surface area contributed by atoms with Gasteiger partial charge in [-0.15, -0.1) is 0 Å². The molecule has 3 aliphatic rings. The normalized spacial score (nSPS) is 44.0. The van der Waals surface area contributed by atoms with E-state index in [1.165, 1.54) is 6.42 Å². The summed E-state index contributed by atoms with van der Waals surface area (Å²) in [4.78, 5) is 0. The number of hydrogen-bond donors (Lipinski definition) is 0. The summed E-state index contributed by atoms with van der Waals surface area (Å²) in [6, 6.07) is 0. The van der Waals surface area contributed by atoms with Gasteiger partial charge < -0.3 is 0 Å². The molecule has 12 heavy (non-hydrogen) atoms. The number of alkyl halides is 2. The Bertz CT molecular complexity index is 134. The summed E-state index contributed by atoms with van der Waals surface area (Å²) in [5.41, 5.74) is -2.18.